The SMILES string of the molecule is CC(=O)Nc1cccc(C(C)NCC=C(C)C)c1. The molecular formula is C15H22N2O. The number of hydrogen-bond donors (Lipinski definition) is 2. The highest BCUT2D eigenvalue weighted by atomic mass is 16.1. The van der Waals surface area contributed by atoms with Crippen LogP contribution in [0.5, 0.6) is 0 Å². The van der Waals surface area contributed by atoms with Crippen molar-refractivity contribution in [2.45, 2.75) is 33.7 Å². The zero-order valence-corrected chi connectivity index (χ0v) is 11.6. The molecule has 0 aliphatic heterocycles. The molecule has 3 heteroatoms. The molecule has 1 rings (SSSR count). The van der Waals surface area contributed by atoms with E-state index in [4.69, 9.17) is 0 Å². The maximum atomic E-state index is 11.0. The third-order valence-corrected chi connectivity index (χ3v) is 2.64. The summed E-state index contributed by atoms with van der Waals surface area (Å²) in [5, 5.41) is 6.22. The molecule has 1 atom stereocenters. The van der Waals surface area contributed by atoms with Crippen LogP contribution in [0.3, 0.4) is 0 Å². The van der Waals surface area contributed by atoms with Gasteiger partial charge in [-0.25, -0.2) is 0 Å². The third-order valence-electron chi connectivity index (χ3n) is 2.64. The Kier molecular flexibility index (Phi) is 5.59. The lowest BCUT2D eigenvalue weighted by molar-refractivity contribution is -0.114. The van der Waals surface area contributed by atoms with Gasteiger partial charge >= 0.3 is 0 Å². The van der Waals surface area contributed by atoms with E-state index in [-0.39, 0.29) is 11.9 Å². The van der Waals surface area contributed by atoms with Crippen LogP contribution in [0, 0.1) is 0 Å². The van der Waals surface area contributed by atoms with Gasteiger partial charge in [-0.1, -0.05) is 23.8 Å². The molecule has 98 valence electrons. The number of allylic oxidation sites excluding steroid dienone is 1. The Labute approximate surface area is 109 Å². The molecule has 1 aromatic carbocycles. The van der Waals surface area contributed by atoms with Crippen LogP contribution in [0.4, 0.5) is 5.69 Å². The highest BCUT2D eigenvalue weighted by Crippen LogP contribution is 2.17. The highest BCUT2D eigenvalue weighted by molar-refractivity contribution is 5.88. The first-order valence-electron chi connectivity index (χ1n) is 6.23. The van der Waals surface area contributed by atoms with Crippen LogP contribution in [-0.4, -0.2) is 12.5 Å². The molecule has 0 spiro atoms. The number of nitrogens with one attached hydrogen (secondary N) is 2. The second kappa shape index (κ2) is 6.97. The van der Waals surface area contributed by atoms with Crippen molar-refractivity contribution in [3.63, 3.8) is 0 Å². The summed E-state index contributed by atoms with van der Waals surface area (Å²) in [6, 6.07) is 8.18. The van der Waals surface area contributed by atoms with Crippen LogP contribution >= 0.6 is 0 Å². The lowest BCUT2D eigenvalue weighted by atomic mass is 10.1. The summed E-state index contributed by atoms with van der Waals surface area (Å²) < 4.78 is 0. The average Bonchev–Trinajstić information content (AvgIpc) is 2.27. The first-order valence-corrected chi connectivity index (χ1v) is 6.23. The summed E-state index contributed by atoms with van der Waals surface area (Å²) in [7, 11) is 0. The number of anilines is 1. The Balaban J connectivity index is 2.64. The maximum absolute atomic E-state index is 11.0. The predicted molar refractivity (Wildman–Crippen MR) is 76.6 cm³/mol. The Morgan fingerprint density at radius 2 is 2.06 bits per heavy atom. The van der Waals surface area contributed by atoms with Gasteiger partial charge in [0.05, 0.1) is 0 Å². The number of benzene rings is 1. The zero-order chi connectivity index (χ0) is 13.5. The van der Waals surface area contributed by atoms with Gasteiger partial charge in [0.2, 0.25) is 5.91 Å². The van der Waals surface area contributed by atoms with Gasteiger partial charge in [-0.05, 0) is 38.5 Å². The van der Waals surface area contributed by atoms with Crippen LogP contribution in [-0.2, 0) is 4.79 Å². The largest absolute Gasteiger partial charge is 0.326 e. The smallest absolute Gasteiger partial charge is 0.221 e. The van der Waals surface area contributed by atoms with E-state index in [1.54, 1.807) is 0 Å². The van der Waals surface area contributed by atoms with Crippen molar-refractivity contribution >= 4 is 11.6 Å². The maximum Gasteiger partial charge on any atom is 0.221 e. The van der Waals surface area contributed by atoms with Crippen LogP contribution < -0.4 is 10.6 Å². The number of hydrogen-bond acceptors (Lipinski definition) is 2. The summed E-state index contributed by atoms with van der Waals surface area (Å²) in [5.41, 5.74) is 3.32. The number of carbonyl (C=O) groups is 1. The standard InChI is InChI=1S/C15H22N2O/c1-11(2)8-9-16-12(3)14-6-5-7-15(10-14)17-13(4)18/h5-8,10,12,16H,9H2,1-4H3,(H,17,18). The third kappa shape index (κ3) is 5.15. The summed E-state index contributed by atoms with van der Waals surface area (Å²) in [4.78, 5) is 11.0. The Bertz CT molecular complexity index is 434. The summed E-state index contributed by atoms with van der Waals surface area (Å²) >= 11 is 0. The molecule has 0 heterocycles. The molecule has 1 aromatic rings. The molecule has 0 aliphatic carbocycles. The fourth-order valence-electron chi connectivity index (χ4n) is 1.65. The first-order chi connectivity index (χ1) is 8.49. The molecule has 3 nitrogen and oxygen atoms in total. The Hall–Kier alpha value is -1.61. The summed E-state index contributed by atoms with van der Waals surface area (Å²) in [6.45, 7) is 8.66. The zero-order valence-electron chi connectivity index (χ0n) is 11.6. The molecule has 18 heavy (non-hydrogen) atoms. The Morgan fingerprint density at radius 3 is 2.67 bits per heavy atom. The van der Waals surface area contributed by atoms with Crippen molar-refractivity contribution in [1.82, 2.24) is 5.32 Å². The van der Waals surface area contributed by atoms with Gasteiger partial charge in [0.25, 0.3) is 0 Å². The fourth-order valence-corrected chi connectivity index (χ4v) is 1.65. The van der Waals surface area contributed by atoms with E-state index in [9.17, 15) is 4.79 Å². The molecule has 0 bridgehead atoms. The van der Waals surface area contributed by atoms with Crippen LogP contribution in [0.1, 0.15) is 39.3 Å². The van der Waals surface area contributed by atoms with Crippen molar-refractivity contribution in [1.29, 1.82) is 0 Å². The van der Waals surface area contributed by atoms with Gasteiger partial charge in [0.1, 0.15) is 0 Å². The van der Waals surface area contributed by atoms with Crippen molar-refractivity contribution in [2.24, 2.45) is 0 Å². The van der Waals surface area contributed by atoms with Crippen LogP contribution in [0.15, 0.2) is 35.9 Å². The molecule has 0 fully saturated rings. The lowest BCUT2D eigenvalue weighted by Crippen LogP contribution is -2.19. The molecule has 0 saturated heterocycles. The first kappa shape index (κ1) is 14.5. The van der Waals surface area contributed by atoms with Crippen molar-refractivity contribution < 1.29 is 4.79 Å². The van der Waals surface area contributed by atoms with E-state index in [1.165, 1.54) is 18.1 Å². The van der Waals surface area contributed by atoms with Gasteiger partial charge in [-0.2, -0.15) is 0 Å². The molecule has 1 unspecified atom stereocenters. The number of rotatable bonds is 5. The van der Waals surface area contributed by atoms with Gasteiger partial charge in [-0.3, -0.25) is 4.79 Å². The quantitative estimate of drug-likeness (QED) is 0.783. The van der Waals surface area contributed by atoms with E-state index in [0.29, 0.717) is 0 Å². The second-order valence-corrected chi connectivity index (χ2v) is 4.72. The molecule has 0 aliphatic rings. The van der Waals surface area contributed by atoms with E-state index >= 15 is 0 Å². The predicted octanol–water partition coefficient (Wildman–Crippen LogP) is 3.26. The van der Waals surface area contributed by atoms with Crippen LogP contribution in [0.2, 0.25) is 0 Å². The molecule has 0 radical (unpaired) electrons. The molecule has 1 amide bonds. The summed E-state index contributed by atoms with van der Waals surface area (Å²) in [6.07, 6.45) is 2.16. The van der Waals surface area contributed by atoms with E-state index < -0.39 is 0 Å². The second-order valence-electron chi connectivity index (χ2n) is 4.72. The van der Waals surface area contributed by atoms with Crippen molar-refractivity contribution in [2.75, 3.05) is 11.9 Å². The molecule has 0 aromatic heterocycles. The minimum absolute atomic E-state index is 0.0442. The molecule has 2 N–H and O–H groups in total. The van der Waals surface area contributed by atoms with Crippen molar-refractivity contribution in [3.8, 4) is 0 Å². The molecular weight excluding hydrogens is 224 g/mol. The lowest BCUT2D eigenvalue weighted by Gasteiger charge is -2.14. The monoisotopic (exact) mass is 246 g/mol. The van der Waals surface area contributed by atoms with Gasteiger partial charge in [-0.15, -0.1) is 0 Å². The summed E-state index contributed by atoms with van der Waals surface area (Å²) in [5.74, 6) is -0.0442. The normalized spacial score (nSPS) is 11.8. The van der Waals surface area contributed by atoms with E-state index in [0.717, 1.165) is 12.2 Å². The minimum atomic E-state index is -0.0442. The van der Waals surface area contributed by atoms with E-state index in [2.05, 4.69) is 43.5 Å². The Morgan fingerprint density at radius 1 is 1.33 bits per heavy atom. The van der Waals surface area contributed by atoms with E-state index in [1.807, 2.05) is 18.2 Å². The van der Waals surface area contributed by atoms with Gasteiger partial charge in [0, 0.05) is 25.2 Å². The van der Waals surface area contributed by atoms with Crippen molar-refractivity contribution in [3.05, 3.63) is 41.5 Å². The van der Waals surface area contributed by atoms with Crippen LogP contribution in [0.25, 0.3) is 0 Å². The number of carbonyl (C=O) groups excluding carboxylic acids is 1. The average molecular weight is 246 g/mol. The topological polar surface area (TPSA) is 41.1 Å². The van der Waals surface area contributed by atoms with Gasteiger partial charge in [0.15, 0.2) is 0 Å². The minimum Gasteiger partial charge on any atom is -0.326 e. The highest BCUT2D eigenvalue weighted by Gasteiger charge is 2.04. The van der Waals surface area contributed by atoms with Gasteiger partial charge < -0.3 is 10.6 Å². The fraction of sp³-hybridized carbons (Fsp3) is 0.400. The molecule has 0 saturated carbocycles. The number of amides is 1.